The summed E-state index contributed by atoms with van der Waals surface area (Å²) in [7, 11) is 1.38. The van der Waals surface area contributed by atoms with E-state index in [1.165, 1.54) is 63.5 Å². The van der Waals surface area contributed by atoms with Gasteiger partial charge >= 0.3 is 0 Å². The largest absolute Gasteiger partial charge is 0.498 e. The molecule has 1 aromatic carbocycles. The average molecular weight is 633 g/mol. The highest BCUT2D eigenvalue weighted by Crippen LogP contribution is 2.42. The predicted octanol–water partition coefficient (Wildman–Crippen LogP) is 10.1. The summed E-state index contributed by atoms with van der Waals surface area (Å²) in [6.45, 7) is 13.3. The topological polar surface area (TPSA) is 50.7 Å². The van der Waals surface area contributed by atoms with E-state index in [1.807, 2.05) is 20.0 Å². The van der Waals surface area contributed by atoms with Gasteiger partial charge in [0.1, 0.15) is 17.4 Å². The molecule has 1 aliphatic heterocycles. The van der Waals surface area contributed by atoms with E-state index >= 15 is 4.39 Å². The van der Waals surface area contributed by atoms with Crippen molar-refractivity contribution in [1.82, 2.24) is 5.32 Å². The van der Waals surface area contributed by atoms with Crippen molar-refractivity contribution in [2.24, 2.45) is 16.8 Å². The minimum atomic E-state index is -1.75. The number of hydrogen-bond donors (Lipinski definition) is 1. The summed E-state index contributed by atoms with van der Waals surface area (Å²) in [5, 5.41) is 3.45. The minimum Gasteiger partial charge on any atom is -0.498 e. The van der Waals surface area contributed by atoms with Crippen molar-refractivity contribution in [2.45, 2.75) is 98.2 Å². The fraction of sp³-hybridized carbons (Fsp3) is 0.514. The molecular weight excluding hydrogens is 580 g/mol. The lowest BCUT2D eigenvalue weighted by molar-refractivity contribution is -0.117. The third-order valence-electron chi connectivity index (χ3n) is 8.17. The maximum Gasteiger partial charge on any atom is 0.229 e. The van der Waals surface area contributed by atoms with Gasteiger partial charge in [0, 0.05) is 26.0 Å². The fourth-order valence-electron chi connectivity index (χ4n) is 5.78. The molecule has 0 amide bonds. The number of halogens is 4. The number of alkyl halides is 3. The van der Waals surface area contributed by atoms with Gasteiger partial charge in [-0.25, -0.2) is 22.6 Å². The molecule has 0 radical (unpaired) electrons. The highest BCUT2D eigenvalue weighted by molar-refractivity contribution is 6.06. The van der Waals surface area contributed by atoms with Crippen molar-refractivity contribution < 1.29 is 28.5 Å². The van der Waals surface area contributed by atoms with Gasteiger partial charge in [-0.15, -0.1) is 0 Å². The van der Waals surface area contributed by atoms with Gasteiger partial charge < -0.3 is 10.1 Å². The van der Waals surface area contributed by atoms with Gasteiger partial charge in [-0.3, -0.25) is 4.79 Å². The molecule has 8 heteroatoms. The van der Waals surface area contributed by atoms with Gasteiger partial charge in [0.25, 0.3) is 0 Å². The number of aliphatic imine (C=N–C) groups is 1. The summed E-state index contributed by atoms with van der Waals surface area (Å²) in [5.41, 5.74) is 4.05. The van der Waals surface area contributed by atoms with Gasteiger partial charge in [-0.1, -0.05) is 58.9 Å². The summed E-state index contributed by atoms with van der Waals surface area (Å²) in [6, 6.07) is 4.89. The Bertz CT molecular complexity index is 1340. The summed E-state index contributed by atoms with van der Waals surface area (Å²) >= 11 is 0. The van der Waals surface area contributed by atoms with Gasteiger partial charge in [0.05, 0.1) is 24.6 Å². The van der Waals surface area contributed by atoms with E-state index in [1.54, 1.807) is 12.1 Å². The van der Waals surface area contributed by atoms with Crippen molar-refractivity contribution in [1.29, 1.82) is 0 Å². The number of carbonyl (C=O) groups excluding carboxylic acids is 1. The number of ketones is 1. The molecule has 45 heavy (non-hydrogen) atoms. The second-order valence-electron chi connectivity index (χ2n) is 11.9. The molecule has 1 aromatic rings. The van der Waals surface area contributed by atoms with Crippen LogP contribution < -0.4 is 5.32 Å². The first-order valence-corrected chi connectivity index (χ1v) is 15.9. The fourth-order valence-corrected chi connectivity index (χ4v) is 5.78. The van der Waals surface area contributed by atoms with Crippen LogP contribution in [0.1, 0.15) is 92.6 Å². The van der Waals surface area contributed by atoms with Crippen LogP contribution in [0.2, 0.25) is 0 Å². The summed E-state index contributed by atoms with van der Waals surface area (Å²) < 4.78 is 53.6. The van der Waals surface area contributed by atoms with Crippen LogP contribution in [0.3, 0.4) is 0 Å². The molecular formula is C37H52F4N2O2. The van der Waals surface area contributed by atoms with Crippen molar-refractivity contribution >= 4 is 17.2 Å². The first-order chi connectivity index (χ1) is 21.4. The second-order valence-corrected chi connectivity index (χ2v) is 11.9. The van der Waals surface area contributed by atoms with E-state index < -0.39 is 18.4 Å². The number of fused-ring (bicyclic) bond motifs is 1. The number of methoxy groups -OCH3 is 1. The number of hydrogen-bond acceptors (Lipinski definition) is 4. The number of rotatable bonds is 12. The van der Waals surface area contributed by atoms with Crippen molar-refractivity contribution in [3.8, 4) is 0 Å². The third kappa shape index (κ3) is 10.9. The molecule has 1 saturated carbocycles. The number of benzene rings is 1. The molecule has 2 aliphatic carbocycles. The minimum absolute atomic E-state index is 0. The van der Waals surface area contributed by atoms with Crippen molar-refractivity contribution in [3.05, 3.63) is 88.6 Å². The number of carbonyl (C=O) groups is 1. The van der Waals surface area contributed by atoms with Gasteiger partial charge in [0.2, 0.25) is 6.93 Å². The molecule has 1 fully saturated rings. The Balaban J connectivity index is 0.00000166. The van der Waals surface area contributed by atoms with Crippen LogP contribution in [-0.4, -0.2) is 37.2 Å². The molecule has 3 aliphatic rings. The number of nitrogens with zero attached hydrogens (tertiary/aromatic N) is 1. The van der Waals surface area contributed by atoms with Gasteiger partial charge in [-0.05, 0) is 91.9 Å². The maximum atomic E-state index is 15.1. The van der Waals surface area contributed by atoms with Crippen LogP contribution in [0.5, 0.6) is 0 Å². The zero-order valence-electron chi connectivity index (χ0n) is 27.9. The highest BCUT2D eigenvalue weighted by Gasteiger charge is 2.31. The lowest BCUT2D eigenvalue weighted by atomic mass is 9.69. The molecule has 1 unspecified atom stereocenters. The molecule has 4 rings (SSSR count). The normalized spacial score (nSPS) is 20.6. The Labute approximate surface area is 268 Å². The van der Waals surface area contributed by atoms with E-state index in [-0.39, 0.29) is 31.9 Å². The Morgan fingerprint density at radius 1 is 1.18 bits per heavy atom. The Hall–Kier alpha value is -3.42. The molecule has 1 N–H and O–H groups in total. The van der Waals surface area contributed by atoms with E-state index in [9.17, 15) is 18.0 Å². The van der Waals surface area contributed by atoms with Crippen LogP contribution in [0.4, 0.5) is 17.6 Å². The number of Topliss-reactive ketones (excluding diaryl/α,β-unsaturated/α-hetero) is 1. The molecule has 0 bridgehead atoms. The Morgan fingerprint density at radius 2 is 1.84 bits per heavy atom. The molecule has 1 atom stereocenters. The Kier molecular flexibility index (Phi) is 15.0. The SMILES string of the molecule is C=C(/C=C(\OC)C(C)(C)F)CC(=O)Cc1ccc(C2=CNC3C=C(CC4CC(CC)C4)C(CC)=CC3=N2)cc1F.CC.FCF.[HH]. The molecule has 4 nitrogen and oxygen atoms in total. The van der Waals surface area contributed by atoms with Crippen molar-refractivity contribution in [3.63, 3.8) is 0 Å². The van der Waals surface area contributed by atoms with E-state index in [0.717, 1.165) is 30.4 Å². The standard InChI is InChI=1S/C34H42F2N2O2.C2H6.CH2F2.H2/c1-7-22-13-23(14-22)15-27-19-30-31(18-24(27)8-2)38-32(20-37-30)26-10-9-25(29(35)17-26)16-28(39)11-21(3)12-33(40-6)34(4,5)36;1-2;2-1-3;/h9-10,12,17-20,22-23,30,37H,3,7-8,11,13-16H2,1-2,4-6H3;1-2H3;1H2;1H/b33-12-;;;. The first-order valence-electron chi connectivity index (χ1n) is 15.9. The van der Waals surface area contributed by atoms with Crippen LogP contribution in [0.25, 0.3) is 5.70 Å². The quantitative estimate of drug-likeness (QED) is 0.142. The van der Waals surface area contributed by atoms with E-state index in [2.05, 4.69) is 37.9 Å². The summed E-state index contributed by atoms with van der Waals surface area (Å²) in [5.74, 6) is 1.10. The summed E-state index contributed by atoms with van der Waals surface area (Å²) in [6.07, 6.45) is 13.7. The smallest absolute Gasteiger partial charge is 0.229 e. The predicted molar refractivity (Wildman–Crippen MR) is 180 cm³/mol. The molecule has 0 aromatic heterocycles. The van der Waals surface area contributed by atoms with Crippen LogP contribution in [0, 0.1) is 17.7 Å². The molecule has 0 saturated heterocycles. The van der Waals surface area contributed by atoms with Gasteiger partial charge in [0.15, 0.2) is 5.67 Å². The van der Waals surface area contributed by atoms with E-state index in [0.29, 0.717) is 22.4 Å². The zero-order valence-corrected chi connectivity index (χ0v) is 27.9. The Morgan fingerprint density at radius 3 is 2.40 bits per heavy atom. The van der Waals surface area contributed by atoms with Crippen LogP contribution >= 0.6 is 0 Å². The number of ether oxygens (including phenoxy) is 1. The lowest BCUT2D eigenvalue weighted by Crippen LogP contribution is -2.36. The highest BCUT2D eigenvalue weighted by atomic mass is 19.3. The average Bonchev–Trinajstić information content (AvgIpc) is 2.98. The van der Waals surface area contributed by atoms with Crippen LogP contribution in [0.15, 0.2) is 76.7 Å². The number of nitrogens with one attached hydrogen (secondary N) is 1. The van der Waals surface area contributed by atoms with Crippen LogP contribution in [-0.2, 0) is 16.0 Å². The molecule has 1 heterocycles. The maximum absolute atomic E-state index is 15.1. The van der Waals surface area contributed by atoms with Crippen molar-refractivity contribution in [2.75, 3.05) is 14.0 Å². The second kappa shape index (κ2) is 17.9. The van der Waals surface area contributed by atoms with Gasteiger partial charge in [-0.2, -0.15) is 0 Å². The molecule has 250 valence electrons. The third-order valence-corrected chi connectivity index (χ3v) is 8.17. The molecule has 0 spiro atoms. The number of allylic oxidation sites excluding steroid dienone is 5. The zero-order chi connectivity index (χ0) is 33.7. The monoisotopic (exact) mass is 632 g/mol. The van der Waals surface area contributed by atoms with E-state index in [4.69, 9.17) is 9.73 Å². The first kappa shape index (κ1) is 37.8. The lowest BCUT2D eigenvalue weighted by Gasteiger charge is -2.37. The summed E-state index contributed by atoms with van der Waals surface area (Å²) in [4.78, 5) is 17.5.